The third kappa shape index (κ3) is 2.84. The highest BCUT2D eigenvalue weighted by Gasteiger charge is 2.23. The summed E-state index contributed by atoms with van der Waals surface area (Å²) in [5.74, 6) is 0. The van der Waals surface area contributed by atoms with Crippen LogP contribution in [-0.4, -0.2) is 18.8 Å². The van der Waals surface area contributed by atoms with Crippen LogP contribution in [0.2, 0.25) is 0 Å². The molecule has 1 aliphatic rings. The Morgan fingerprint density at radius 2 is 2.31 bits per heavy atom. The van der Waals surface area contributed by atoms with Crippen molar-refractivity contribution >= 4 is 15.9 Å². The van der Waals surface area contributed by atoms with Crippen LogP contribution in [0.25, 0.3) is 0 Å². The molecule has 2 atom stereocenters. The number of nitrogens with one attached hydrogen (secondary N) is 1. The Morgan fingerprint density at radius 3 is 2.94 bits per heavy atom. The Labute approximate surface area is 106 Å². The van der Waals surface area contributed by atoms with Crippen molar-refractivity contribution in [1.82, 2.24) is 5.32 Å². The minimum absolute atomic E-state index is 0.342. The van der Waals surface area contributed by atoms with Gasteiger partial charge in [0.05, 0.1) is 6.10 Å². The Hall–Kier alpha value is -0.380. The van der Waals surface area contributed by atoms with Gasteiger partial charge in [0.25, 0.3) is 0 Å². The van der Waals surface area contributed by atoms with Crippen LogP contribution in [0.15, 0.2) is 22.7 Å². The van der Waals surface area contributed by atoms with Crippen molar-refractivity contribution in [1.29, 1.82) is 0 Å². The SMILES string of the molecule is Cc1ccc(CNC2CCOC2C)cc1Br. The average molecular weight is 284 g/mol. The van der Waals surface area contributed by atoms with E-state index < -0.39 is 0 Å². The van der Waals surface area contributed by atoms with Crippen LogP contribution < -0.4 is 5.32 Å². The van der Waals surface area contributed by atoms with Crippen molar-refractivity contribution in [2.24, 2.45) is 0 Å². The van der Waals surface area contributed by atoms with Gasteiger partial charge in [-0.15, -0.1) is 0 Å². The summed E-state index contributed by atoms with van der Waals surface area (Å²) in [6.45, 7) is 6.04. The van der Waals surface area contributed by atoms with Crippen LogP contribution in [0.5, 0.6) is 0 Å². The number of rotatable bonds is 3. The van der Waals surface area contributed by atoms with Gasteiger partial charge in [-0.1, -0.05) is 28.1 Å². The van der Waals surface area contributed by atoms with Gasteiger partial charge < -0.3 is 10.1 Å². The molecule has 1 heterocycles. The van der Waals surface area contributed by atoms with E-state index in [0.717, 1.165) is 19.6 Å². The molecule has 0 spiro atoms. The molecule has 88 valence electrons. The van der Waals surface area contributed by atoms with Crippen molar-refractivity contribution in [3.05, 3.63) is 33.8 Å². The fourth-order valence-electron chi connectivity index (χ4n) is 2.00. The fourth-order valence-corrected chi connectivity index (χ4v) is 2.42. The summed E-state index contributed by atoms with van der Waals surface area (Å²) in [5.41, 5.74) is 2.60. The third-order valence-electron chi connectivity index (χ3n) is 3.18. The molecule has 0 saturated carbocycles. The van der Waals surface area contributed by atoms with Crippen molar-refractivity contribution in [2.45, 2.75) is 39.0 Å². The van der Waals surface area contributed by atoms with Gasteiger partial charge in [-0.25, -0.2) is 0 Å². The molecule has 16 heavy (non-hydrogen) atoms. The molecule has 0 radical (unpaired) electrons. The van der Waals surface area contributed by atoms with Gasteiger partial charge in [0.15, 0.2) is 0 Å². The standard InChI is InChI=1S/C13H18BrNO/c1-9-3-4-11(7-12(9)14)8-15-13-5-6-16-10(13)2/h3-4,7,10,13,15H,5-6,8H2,1-2H3. The number of ether oxygens (including phenoxy) is 1. The van der Waals surface area contributed by atoms with Gasteiger partial charge in [0.2, 0.25) is 0 Å². The van der Waals surface area contributed by atoms with E-state index in [1.54, 1.807) is 0 Å². The summed E-state index contributed by atoms with van der Waals surface area (Å²) in [6.07, 6.45) is 1.46. The lowest BCUT2D eigenvalue weighted by Crippen LogP contribution is -2.34. The Bertz CT molecular complexity index is 367. The maximum absolute atomic E-state index is 5.52. The highest BCUT2D eigenvalue weighted by atomic mass is 79.9. The number of halogens is 1. The average Bonchev–Trinajstić information content (AvgIpc) is 2.66. The molecular weight excluding hydrogens is 266 g/mol. The minimum atomic E-state index is 0.342. The number of aryl methyl sites for hydroxylation is 1. The molecule has 2 rings (SSSR count). The molecule has 0 aliphatic carbocycles. The molecular formula is C13H18BrNO. The second-order valence-electron chi connectivity index (χ2n) is 4.44. The van der Waals surface area contributed by atoms with Gasteiger partial charge in [0, 0.05) is 23.7 Å². The first kappa shape index (κ1) is 12.1. The number of hydrogen-bond donors (Lipinski definition) is 1. The van der Waals surface area contributed by atoms with Crippen molar-refractivity contribution in [3.8, 4) is 0 Å². The second kappa shape index (κ2) is 5.30. The third-order valence-corrected chi connectivity index (χ3v) is 4.04. The van der Waals surface area contributed by atoms with Crippen molar-refractivity contribution in [2.75, 3.05) is 6.61 Å². The highest BCUT2D eigenvalue weighted by Crippen LogP contribution is 2.18. The van der Waals surface area contributed by atoms with E-state index in [9.17, 15) is 0 Å². The molecule has 1 fully saturated rings. The normalized spacial score (nSPS) is 24.9. The zero-order valence-electron chi connectivity index (χ0n) is 9.79. The summed E-state index contributed by atoms with van der Waals surface area (Å²) >= 11 is 3.56. The lowest BCUT2D eigenvalue weighted by Gasteiger charge is -2.16. The summed E-state index contributed by atoms with van der Waals surface area (Å²) in [7, 11) is 0. The van der Waals surface area contributed by atoms with E-state index in [0.29, 0.717) is 12.1 Å². The maximum atomic E-state index is 5.52. The Kier molecular flexibility index (Phi) is 4.00. The summed E-state index contributed by atoms with van der Waals surface area (Å²) < 4.78 is 6.71. The molecule has 1 aromatic carbocycles. The quantitative estimate of drug-likeness (QED) is 0.921. The largest absolute Gasteiger partial charge is 0.377 e. The predicted octanol–water partition coefficient (Wildman–Crippen LogP) is 3.02. The van der Waals surface area contributed by atoms with E-state index in [4.69, 9.17) is 4.74 Å². The first-order valence-corrected chi connectivity index (χ1v) is 6.56. The monoisotopic (exact) mass is 283 g/mol. The van der Waals surface area contributed by atoms with Crippen LogP contribution in [0.4, 0.5) is 0 Å². The van der Waals surface area contributed by atoms with Gasteiger partial charge in [-0.05, 0) is 37.5 Å². The predicted molar refractivity (Wildman–Crippen MR) is 69.5 cm³/mol. The van der Waals surface area contributed by atoms with Crippen LogP contribution in [-0.2, 0) is 11.3 Å². The molecule has 1 aliphatic heterocycles. The first-order chi connectivity index (χ1) is 7.66. The summed E-state index contributed by atoms with van der Waals surface area (Å²) in [6, 6.07) is 7.01. The molecule has 0 aromatic heterocycles. The molecule has 1 N–H and O–H groups in total. The fraction of sp³-hybridized carbons (Fsp3) is 0.538. The van der Waals surface area contributed by atoms with E-state index >= 15 is 0 Å². The van der Waals surface area contributed by atoms with Gasteiger partial charge in [-0.3, -0.25) is 0 Å². The number of benzene rings is 1. The molecule has 0 amide bonds. The van der Waals surface area contributed by atoms with Gasteiger partial charge >= 0.3 is 0 Å². The van der Waals surface area contributed by atoms with Crippen LogP contribution in [0, 0.1) is 6.92 Å². The summed E-state index contributed by atoms with van der Waals surface area (Å²) in [4.78, 5) is 0. The van der Waals surface area contributed by atoms with Gasteiger partial charge in [0.1, 0.15) is 0 Å². The smallest absolute Gasteiger partial charge is 0.0700 e. The Balaban J connectivity index is 1.91. The molecule has 0 bridgehead atoms. The molecule has 1 saturated heterocycles. The topological polar surface area (TPSA) is 21.3 Å². The molecule has 1 aromatic rings. The molecule has 3 heteroatoms. The maximum Gasteiger partial charge on any atom is 0.0700 e. The lowest BCUT2D eigenvalue weighted by atomic mass is 10.1. The molecule has 2 unspecified atom stereocenters. The van der Waals surface area contributed by atoms with Crippen LogP contribution in [0.3, 0.4) is 0 Å². The summed E-state index contributed by atoms with van der Waals surface area (Å²) in [5, 5.41) is 3.55. The van der Waals surface area contributed by atoms with E-state index in [1.807, 2.05) is 0 Å². The van der Waals surface area contributed by atoms with Gasteiger partial charge in [-0.2, -0.15) is 0 Å². The zero-order chi connectivity index (χ0) is 11.5. The van der Waals surface area contributed by atoms with E-state index in [2.05, 4.69) is 53.3 Å². The van der Waals surface area contributed by atoms with Crippen molar-refractivity contribution < 1.29 is 4.74 Å². The molecule has 2 nitrogen and oxygen atoms in total. The lowest BCUT2D eigenvalue weighted by molar-refractivity contribution is 0.113. The van der Waals surface area contributed by atoms with Crippen molar-refractivity contribution in [3.63, 3.8) is 0 Å². The Morgan fingerprint density at radius 1 is 1.50 bits per heavy atom. The minimum Gasteiger partial charge on any atom is -0.377 e. The number of hydrogen-bond acceptors (Lipinski definition) is 2. The first-order valence-electron chi connectivity index (χ1n) is 5.77. The van der Waals surface area contributed by atoms with E-state index in [1.165, 1.54) is 15.6 Å². The van der Waals surface area contributed by atoms with Crippen LogP contribution >= 0.6 is 15.9 Å². The van der Waals surface area contributed by atoms with Crippen LogP contribution in [0.1, 0.15) is 24.5 Å². The highest BCUT2D eigenvalue weighted by molar-refractivity contribution is 9.10. The van der Waals surface area contributed by atoms with E-state index in [-0.39, 0.29) is 0 Å². The second-order valence-corrected chi connectivity index (χ2v) is 5.29. The zero-order valence-corrected chi connectivity index (χ0v) is 11.4.